The number of carbonyl (C=O) groups is 2. The minimum absolute atomic E-state index is 0.0954. The molecule has 1 aromatic carbocycles. The molecule has 1 fully saturated rings. The predicted octanol–water partition coefficient (Wildman–Crippen LogP) is 1.95. The van der Waals surface area contributed by atoms with Gasteiger partial charge in [-0.15, -0.1) is 0 Å². The van der Waals surface area contributed by atoms with Crippen molar-refractivity contribution < 1.29 is 14.3 Å². The molecule has 0 unspecified atom stereocenters. The van der Waals surface area contributed by atoms with E-state index in [4.69, 9.17) is 16.3 Å². The zero-order valence-corrected chi connectivity index (χ0v) is 9.18. The van der Waals surface area contributed by atoms with Gasteiger partial charge in [0.05, 0.1) is 12.6 Å². The summed E-state index contributed by atoms with van der Waals surface area (Å²) in [4.78, 5) is 23.8. The highest BCUT2D eigenvalue weighted by molar-refractivity contribution is 6.64. The third-order valence-electron chi connectivity index (χ3n) is 2.46. The number of halogens is 1. The lowest BCUT2D eigenvalue weighted by Crippen LogP contribution is -2.45. The molecule has 1 aliphatic rings. The first-order chi connectivity index (χ1) is 7.70. The van der Waals surface area contributed by atoms with Crippen molar-refractivity contribution in [1.82, 2.24) is 4.90 Å². The molecule has 0 aromatic heterocycles. The Morgan fingerprint density at radius 2 is 2.06 bits per heavy atom. The number of morpholine rings is 1. The van der Waals surface area contributed by atoms with Gasteiger partial charge in [-0.25, -0.2) is 0 Å². The van der Waals surface area contributed by atoms with Gasteiger partial charge in [-0.05, 0) is 17.2 Å². The lowest BCUT2D eigenvalue weighted by Gasteiger charge is -2.32. The summed E-state index contributed by atoms with van der Waals surface area (Å²) in [5.41, 5.74) is 0.838. The number of imide groups is 1. The van der Waals surface area contributed by atoms with E-state index >= 15 is 0 Å². The molecular formula is C11H10ClNO3. The van der Waals surface area contributed by atoms with E-state index in [2.05, 4.69) is 0 Å². The van der Waals surface area contributed by atoms with Crippen LogP contribution in [0.1, 0.15) is 11.6 Å². The van der Waals surface area contributed by atoms with E-state index in [1.165, 1.54) is 0 Å². The number of nitrogens with zero attached hydrogens (tertiary/aromatic N) is 1. The quantitative estimate of drug-likeness (QED) is 0.556. The van der Waals surface area contributed by atoms with Gasteiger partial charge in [-0.2, -0.15) is 0 Å². The van der Waals surface area contributed by atoms with Crippen molar-refractivity contribution >= 4 is 22.9 Å². The highest BCUT2D eigenvalue weighted by Gasteiger charge is 2.33. The Morgan fingerprint density at radius 3 is 2.69 bits per heavy atom. The summed E-state index contributed by atoms with van der Waals surface area (Å²) in [7, 11) is 0. The van der Waals surface area contributed by atoms with Gasteiger partial charge in [0, 0.05) is 0 Å². The van der Waals surface area contributed by atoms with Crippen molar-refractivity contribution in [3.05, 3.63) is 35.9 Å². The number of ether oxygens (including phenoxy) is 1. The molecule has 0 bridgehead atoms. The fraction of sp³-hybridized carbons (Fsp3) is 0.273. The van der Waals surface area contributed by atoms with Crippen LogP contribution in [0.25, 0.3) is 0 Å². The Labute approximate surface area is 97.7 Å². The molecule has 84 valence electrons. The summed E-state index contributed by atoms with van der Waals surface area (Å²) >= 11 is 5.41. The van der Waals surface area contributed by atoms with E-state index in [0.29, 0.717) is 0 Å². The minimum atomic E-state index is -0.762. The summed E-state index contributed by atoms with van der Waals surface area (Å²) in [6.45, 7) is 0.190. The van der Waals surface area contributed by atoms with Crippen LogP contribution in [-0.4, -0.2) is 29.4 Å². The van der Waals surface area contributed by atoms with Crippen LogP contribution in [-0.2, 0) is 9.53 Å². The highest BCUT2D eigenvalue weighted by Crippen LogP contribution is 2.25. The van der Waals surface area contributed by atoms with E-state index < -0.39 is 17.3 Å². The Bertz CT molecular complexity index is 407. The van der Waals surface area contributed by atoms with Gasteiger partial charge in [0.15, 0.2) is 0 Å². The fourth-order valence-electron chi connectivity index (χ4n) is 1.72. The van der Waals surface area contributed by atoms with E-state index in [1.807, 2.05) is 30.3 Å². The van der Waals surface area contributed by atoms with Crippen molar-refractivity contribution in [2.24, 2.45) is 0 Å². The van der Waals surface area contributed by atoms with Crippen LogP contribution in [0.2, 0.25) is 0 Å². The van der Waals surface area contributed by atoms with Crippen LogP contribution in [0.4, 0.5) is 4.79 Å². The molecule has 0 N–H and O–H groups in total. The molecule has 5 heteroatoms. The first kappa shape index (κ1) is 11.1. The van der Waals surface area contributed by atoms with Gasteiger partial charge < -0.3 is 4.74 Å². The van der Waals surface area contributed by atoms with E-state index in [-0.39, 0.29) is 13.2 Å². The molecule has 1 saturated heterocycles. The van der Waals surface area contributed by atoms with E-state index in [0.717, 1.165) is 10.5 Å². The van der Waals surface area contributed by atoms with Gasteiger partial charge in [-0.3, -0.25) is 14.5 Å². The number of benzene rings is 1. The Kier molecular flexibility index (Phi) is 3.22. The summed E-state index contributed by atoms with van der Waals surface area (Å²) < 4.78 is 5.13. The molecule has 1 aromatic rings. The molecule has 1 atom stereocenters. The molecule has 0 spiro atoms. The molecular weight excluding hydrogens is 230 g/mol. The van der Waals surface area contributed by atoms with Crippen molar-refractivity contribution in [1.29, 1.82) is 0 Å². The molecule has 0 radical (unpaired) electrons. The van der Waals surface area contributed by atoms with Crippen LogP contribution in [0.15, 0.2) is 30.3 Å². The third kappa shape index (κ3) is 2.08. The maximum absolute atomic E-state index is 11.5. The first-order valence-corrected chi connectivity index (χ1v) is 5.22. The number of hydrogen-bond donors (Lipinski definition) is 0. The van der Waals surface area contributed by atoms with Crippen LogP contribution < -0.4 is 0 Å². The van der Waals surface area contributed by atoms with Crippen molar-refractivity contribution in [3.8, 4) is 0 Å². The van der Waals surface area contributed by atoms with Gasteiger partial charge >= 0.3 is 5.37 Å². The number of rotatable bonds is 1. The topological polar surface area (TPSA) is 46.6 Å². The van der Waals surface area contributed by atoms with Crippen LogP contribution >= 0.6 is 11.6 Å². The van der Waals surface area contributed by atoms with Crippen molar-refractivity contribution in [2.75, 3.05) is 13.2 Å². The standard InChI is InChI=1S/C11H10ClNO3/c12-11(15)13-9(6-16-7-10(13)14)8-4-2-1-3-5-8/h1-5,9H,6-7H2/t9-/m0/s1. The second kappa shape index (κ2) is 4.63. The second-order valence-electron chi connectivity index (χ2n) is 3.46. The van der Waals surface area contributed by atoms with E-state index in [1.54, 1.807) is 0 Å². The molecule has 4 nitrogen and oxygen atoms in total. The van der Waals surface area contributed by atoms with E-state index in [9.17, 15) is 9.59 Å². The summed E-state index contributed by atoms with van der Waals surface area (Å²) in [5, 5.41) is -0.762. The zero-order valence-electron chi connectivity index (χ0n) is 8.43. The summed E-state index contributed by atoms with van der Waals surface area (Å²) in [6, 6.07) is 8.78. The molecule has 1 heterocycles. The van der Waals surface area contributed by atoms with Gasteiger partial charge in [0.25, 0.3) is 5.91 Å². The maximum atomic E-state index is 11.5. The van der Waals surface area contributed by atoms with Gasteiger partial charge in [0.1, 0.15) is 6.61 Å². The first-order valence-electron chi connectivity index (χ1n) is 4.84. The predicted molar refractivity (Wildman–Crippen MR) is 58.1 cm³/mol. The Balaban J connectivity index is 2.31. The maximum Gasteiger partial charge on any atom is 0.323 e. The molecule has 1 aliphatic heterocycles. The molecule has 16 heavy (non-hydrogen) atoms. The third-order valence-corrected chi connectivity index (χ3v) is 2.64. The lowest BCUT2D eigenvalue weighted by atomic mass is 10.1. The Hall–Kier alpha value is -1.39. The second-order valence-corrected chi connectivity index (χ2v) is 3.78. The largest absolute Gasteiger partial charge is 0.369 e. The Morgan fingerprint density at radius 1 is 1.38 bits per heavy atom. The molecule has 2 rings (SSSR count). The fourth-order valence-corrected chi connectivity index (χ4v) is 1.93. The zero-order chi connectivity index (χ0) is 11.5. The average molecular weight is 240 g/mol. The molecule has 0 saturated carbocycles. The number of carbonyl (C=O) groups excluding carboxylic acids is 2. The average Bonchev–Trinajstić information content (AvgIpc) is 2.29. The summed E-state index contributed by atoms with van der Waals surface area (Å²) in [5.74, 6) is -0.403. The smallest absolute Gasteiger partial charge is 0.323 e. The highest BCUT2D eigenvalue weighted by atomic mass is 35.5. The van der Waals surface area contributed by atoms with Crippen molar-refractivity contribution in [2.45, 2.75) is 6.04 Å². The van der Waals surface area contributed by atoms with Crippen LogP contribution in [0, 0.1) is 0 Å². The SMILES string of the molecule is O=C(Cl)N1C(=O)COC[C@H]1c1ccccc1. The normalized spacial score (nSPS) is 20.9. The van der Waals surface area contributed by atoms with Crippen LogP contribution in [0.5, 0.6) is 0 Å². The molecule has 0 aliphatic carbocycles. The minimum Gasteiger partial charge on any atom is -0.369 e. The lowest BCUT2D eigenvalue weighted by molar-refractivity contribution is -0.142. The van der Waals surface area contributed by atoms with Gasteiger partial charge in [-0.1, -0.05) is 30.3 Å². The number of hydrogen-bond acceptors (Lipinski definition) is 3. The van der Waals surface area contributed by atoms with Gasteiger partial charge in [0.2, 0.25) is 0 Å². The summed E-state index contributed by atoms with van der Waals surface area (Å²) in [6.07, 6.45) is 0. The van der Waals surface area contributed by atoms with Crippen molar-refractivity contribution in [3.63, 3.8) is 0 Å². The van der Waals surface area contributed by atoms with Crippen LogP contribution in [0.3, 0.4) is 0 Å². The monoisotopic (exact) mass is 239 g/mol. The number of amides is 2. The molecule has 2 amide bonds.